The Morgan fingerprint density at radius 2 is 2.11 bits per heavy atom. The molecule has 0 saturated carbocycles. The highest BCUT2D eigenvalue weighted by Gasteiger charge is 2.21. The summed E-state index contributed by atoms with van der Waals surface area (Å²) < 4.78 is 24.8. The van der Waals surface area contributed by atoms with Crippen LogP contribution in [0.25, 0.3) is 11.0 Å². The molecule has 0 saturated heterocycles. The second-order valence-corrected chi connectivity index (χ2v) is 6.36. The molecule has 1 unspecified atom stereocenters. The van der Waals surface area contributed by atoms with Crippen molar-refractivity contribution < 1.29 is 13.5 Å². The SMILES string of the molecule is Cc1c(CN=C(N)NC2CCOc3ccccc32)oc2ccc(F)cc12.I. The number of aryl methyl sites for hydroxylation is 1. The molecule has 0 amide bonds. The summed E-state index contributed by atoms with van der Waals surface area (Å²) in [6, 6.07) is 12.5. The lowest BCUT2D eigenvalue weighted by molar-refractivity contribution is 0.262. The van der Waals surface area contributed by atoms with Gasteiger partial charge in [-0.3, -0.25) is 0 Å². The van der Waals surface area contributed by atoms with Gasteiger partial charge in [-0.05, 0) is 31.2 Å². The molecule has 3 aromatic rings. The van der Waals surface area contributed by atoms with E-state index in [4.69, 9.17) is 14.9 Å². The molecule has 5 nitrogen and oxygen atoms in total. The van der Waals surface area contributed by atoms with Gasteiger partial charge in [0.05, 0.1) is 12.6 Å². The van der Waals surface area contributed by atoms with E-state index in [1.54, 1.807) is 6.07 Å². The van der Waals surface area contributed by atoms with Crippen molar-refractivity contribution in [3.8, 4) is 5.75 Å². The third-order valence-electron chi connectivity index (χ3n) is 4.67. The van der Waals surface area contributed by atoms with Crippen LogP contribution in [0.1, 0.15) is 29.3 Å². The molecule has 1 aliphatic heterocycles. The number of hydrogen-bond acceptors (Lipinski definition) is 3. The summed E-state index contributed by atoms with van der Waals surface area (Å²) in [7, 11) is 0. The number of guanidine groups is 1. The van der Waals surface area contributed by atoms with Crippen molar-refractivity contribution >= 4 is 40.9 Å². The molecular formula is C20H21FIN3O2. The molecule has 0 spiro atoms. The van der Waals surface area contributed by atoms with Crippen molar-refractivity contribution in [1.29, 1.82) is 0 Å². The molecule has 7 heteroatoms. The minimum Gasteiger partial charge on any atom is -0.493 e. The van der Waals surface area contributed by atoms with E-state index in [9.17, 15) is 4.39 Å². The fourth-order valence-electron chi connectivity index (χ4n) is 3.27. The van der Waals surface area contributed by atoms with Crippen molar-refractivity contribution in [1.82, 2.24) is 5.32 Å². The van der Waals surface area contributed by atoms with Gasteiger partial charge in [0.15, 0.2) is 5.96 Å². The van der Waals surface area contributed by atoms with Gasteiger partial charge in [0.1, 0.15) is 29.5 Å². The van der Waals surface area contributed by atoms with E-state index in [1.807, 2.05) is 31.2 Å². The second-order valence-electron chi connectivity index (χ2n) is 6.36. The maximum absolute atomic E-state index is 13.4. The Labute approximate surface area is 173 Å². The molecule has 1 aromatic heterocycles. The number of fused-ring (bicyclic) bond motifs is 2. The molecule has 27 heavy (non-hydrogen) atoms. The van der Waals surface area contributed by atoms with E-state index in [0.29, 0.717) is 30.5 Å². The molecule has 3 N–H and O–H groups in total. The topological polar surface area (TPSA) is 72.8 Å². The molecule has 4 rings (SSSR count). The number of rotatable bonds is 3. The predicted octanol–water partition coefficient (Wildman–Crippen LogP) is 4.43. The maximum atomic E-state index is 13.4. The van der Waals surface area contributed by atoms with Gasteiger partial charge in [-0.15, -0.1) is 24.0 Å². The van der Waals surface area contributed by atoms with Crippen molar-refractivity contribution in [3.63, 3.8) is 0 Å². The Balaban J connectivity index is 0.00000210. The fourth-order valence-corrected chi connectivity index (χ4v) is 3.27. The van der Waals surface area contributed by atoms with Gasteiger partial charge in [-0.1, -0.05) is 18.2 Å². The van der Waals surface area contributed by atoms with Crippen LogP contribution < -0.4 is 15.8 Å². The highest BCUT2D eigenvalue weighted by molar-refractivity contribution is 14.0. The monoisotopic (exact) mass is 481 g/mol. The van der Waals surface area contributed by atoms with Crippen LogP contribution in [0.4, 0.5) is 4.39 Å². The zero-order valence-corrected chi connectivity index (χ0v) is 17.2. The first kappa shape index (κ1) is 19.5. The van der Waals surface area contributed by atoms with Gasteiger partial charge in [0.2, 0.25) is 0 Å². The average molecular weight is 481 g/mol. The Morgan fingerprint density at radius 1 is 1.30 bits per heavy atom. The third-order valence-corrected chi connectivity index (χ3v) is 4.67. The Bertz CT molecular complexity index is 987. The van der Waals surface area contributed by atoms with Gasteiger partial charge >= 0.3 is 0 Å². The number of aliphatic imine (C=N–C) groups is 1. The van der Waals surface area contributed by atoms with Crippen LogP contribution in [0.3, 0.4) is 0 Å². The summed E-state index contributed by atoms with van der Waals surface area (Å²) in [4.78, 5) is 4.39. The van der Waals surface area contributed by atoms with Crippen LogP contribution in [-0.4, -0.2) is 12.6 Å². The molecule has 142 valence electrons. The number of nitrogens with two attached hydrogens (primary N) is 1. The molecule has 0 radical (unpaired) electrons. The summed E-state index contributed by atoms with van der Waals surface area (Å²) >= 11 is 0. The number of nitrogens with one attached hydrogen (secondary N) is 1. The minimum atomic E-state index is -0.282. The lowest BCUT2D eigenvalue weighted by Gasteiger charge is -2.26. The number of para-hydroxylation sites is 1. The van der Waals surface area contributed by atoms with Crippen molar-refractivity contribution in [2.75, 3.05) is 6.61 Å². The molecule has 0 aliphatic carbocycles. The van der Waals surface area contributed by atoms with Crippen LogP contribution in [-0.2, 0) is 6.54 Å². The first-order valence-corrected chi connectivity index (χ1v) is 8.57. The first-order chi connectivity index (χ1) is 12.6. The summed E-state index contributed by atoms with van der Waals surface area (Å²) in [5.41, 5.74) is 8.68. The molecule has 0 fully saturated rings. The van der Waals surface area contributed by atoms with Gasteiger partial charge in [0, 0.05) is 22.9 Å². The van der Waals surface area contributed by atoms with Crippen molar-refractivity contribution in [2.24, 2.45) is 10.7 Å². The lowest BCUT2D eigenvalue weighted by Crippen LogP contribution is -2.37. The minimum absolute atomic E-state index is 0. The number of nitrogens with zero attached hydrogens (tertiary/aromatic N) is 1. The van der Waals surface area contributed by atoms with E-state index in [0.717, 1.165) is 28.7 Å². The number of furan rings is 1. The van der Waals surface area contributed by atoms with Crippen LogP contribution in [0.15, 0.2) is 51.9 Å². The number of benzene rings is 2. The predicted molar refractivity (Wildman–Crippen MR) is 114 cm³/mol. The molecule has 2 aromatic carbocycles. The molecule has 2 heterocycles. The number of ether oxygens (including phenoxy) is 1. The summed E-state index contributed by atoms with van der Waals surface area (Å²) in [5, 5.41) is 4.02. The highest BCUT2D eigenvalue weighted by atomic mass is 127. The van der Waals surface area contributed by atoms with E-state index < -0.39 is 0 Å². The van der Waals surface area contributed by atoms with E-state index in [1.165, 1.54) is 12.1 Å². The normalized spacial score (nSPS) is 16.4. The van der Waals surface area contributed by atoms with Crippen LogP contribution in [0, 0.1) is 12.7 Å². The van der Waals surface area contributed by atoms with Gasteiger partial charge in [-0.2, -0.15) is 0 Å². The van der Waals surface area contributed by atoms with Crippen LogP contribution in [0.2, 0.25) is 0 Å². The van der Waals surface area contributed by atoms with Gasteiger partial charge < -0.3 is 20.2 Å². The van der Waals surface area contributed by atoms with E-state index >= 15 is 0 Å². The highest BCUT2D eigenvalue weighted by Crippen LogP contribution is 2.31. The molecular weight excluding hydrogens is 460 g/mol. The van der Waals surface area contributed by atoms with Crippen molar-refractivity contribution in [3.05, 3.63) is 65.2 Å². The van der Waals surface area contributed by atoms with Crippen LogP contribution in [0.5, 0.6) is 5.75 Å². The Hall–Kier alpha value is -2.29. The van der Waals surface area contributed by atoms with E-state index in [-0.39, 0.29) is 35.8 Å². The third kappa shape index (κ3) is 4.02. The smallest absolute Gasteiger partial charge is 0.189 e. The molecule has 1 atom stereocenters. The summed E-state index contributed by atoms with van der Waals surface area (Å²) in [5.74, 6) is 1.62. The first-order valence-electron chi connectivity index (χ1n) is 8.57. The summed E-state index contributed by atoms with van der Waals surface area (Å²) in [6.07, 6.45) is 0.816. The molecule has 0 bridgehead atoms. The largest absolute Gasteiger partial charge is 0.493 e. The fraction of sp³-hybridized carbons (Fsp3) is 0.250. The second kappa shape index (κ2) is 8.16. The van der Waals surface area contributed by atoms with E-state index in [2.05, 4.69) is 10.3 Å². The van der Waals surface area contributed by atoms with Gasteiger partial charge in [-0.25, -0.2) is 9.38 Å². The van der Waals surface area contributed by atoms with Crippen LogP contribution >= 0.6 is 24.0 Å². The Morgan fingerprint density at radius 3 is 2.96 bits per heavy atom. The quantitative estimate of drug-likeness (QED) is 0.330. The Kier molecular flexibility index (Phi) is 5.88. The van der Waals surface area contributed by atoms with Gasteiger partial charge in [0.25, 0.3) is 0 Å². The number of halogens is 2. The standard InChI is InChI=1S/C20H20FN3O2.HI/c1-12-15-10-13(21)6-7-18(15)26-19(12)11-23-20(22)24-16-8-9-25-17-5-3-2-4-14(16)17;/h2-7,10,16H,8-9,11H2,1H3,(H3,22,23,24);1H. The summed E-state index contributed by atoms with van der Waals surface area (Å²) in [6.45, 7) is 2.83. The average Bonchev–Trinajstić information content (AvgIpc) is 2.96. The van der Waals surface area contributed by atoms with Crippen molar-refractivity contribution in [2.45, 2.75) is 25.9 Å². The number of hydrogen-bond donors (Lipinski definition) is 2. The lowest BCUT2D eigenvalue weighted by atomic mass is 10.0. The maximum Gasteiger partial charge on any atom is 0.189 e. The zero-order chi connectivity index (χ0) is 18.1. The molecule has 1 aliphatic rings. The zero-order valence-electron chi connectivity index (χ0n) is 14.9.